The van der Waals surface area contributed by atoms with Crippen LogP contribution in [-0.4, -0.2) is 23.2 Å². The van der Waals surface area contributed by atoms with Crippen molar-refractivity contribution in [2.45, 2.75) is 32.2 Å². The third-order valence-corrected chi connectivity index (χ3v) is 3.44. The van der Waals surface area contributed by atoms with Crippen molar-refractivity contribution in [3.05, 3.63) is 65.5 Å². The molecule has 0 aliphatic rings. The summed E-state index contributed by atoms with van der Waals surface area (Å²) in [6.07, 6.45) is -2.16. The number of rotatable bonds is 7. The lowest BCUT2D eigenvalue weighted by Gasteiger charge is -2.13. The molecule has 1 aromatic heterocycles. The maximum absolute atomic E-state index is 12.7. The number of aromatic nitrogens is 1. The van der Waals surface area contributed by atoms with E-state index in [4.69, 9.17) is 4.84 Å². The molecule has 0 aliphatic heterocycles. The predicted octanol–water partition coefficient (Wildman–Crippen LogP) is 3.55. The molecule has 0 bridgehead atoms. The molecule has 26 heavy (non-hydrogen) atoms. The highest BCUT2D eigenvalue weighted by Crippen LogP contribution is 2.29. The van der Waals surface area contributed by atoms with E-state index in [1.165, 1.54) is 12.1 Å². The zero-order valence-electron chi connectivity index (χ0n) is 14.0. The van der Waals surface area contributed by atoms with Gasteiger partial charge in [0.1, 0.15) is 0 Å². The summed E-state index contributed by atoms with van der Waals surface area (Å²) >= 11 is 0. The van der Waals surface area contributed by atoms with Crippen LogP contribution in [0.25, 0.3) is 0 Å². The molecule has 138 valence electrons. The monoisotopic (exact) mass is 365 g/mol. The van der Waals surface area contributed by atoms with E-state index in [0.29, 0.717) is 12.1 Å². The zero-order chi connectivity index (χ0) is 19.0. The fourth-order valence-corrected chi connectivity index (χ4v) is 2.06. The first-order chi connectivity index (χ1) is 12.4. The number of alkyl halides is 3. The van der Waals surface area contributed by atoms with Crippen LogP contribution in [0.4, 0.5) is 13.2 Å². The standard InChI is InChI=1S/C18H18F3N3O2/c1-2-16(17(25)23-12-15-8-3-4-9-22-15)26-24-11-13-6-5-7-14(10-13)18(19,20)21/h3-11,16H,2,12H2,1H3,(H,23,25)/b24-11+. The summed E-state index contributed by atoms with van der Waals surface area (Å²) in [4.78, 5) is 21.3. The van der Waals surface area contributed by atoms with E-state index in [9.17, 15) is 18.0 Å². The van der Waals surface area contributed by atoms with Crippen molar-refractivity contribution in [2.24, 2.45) is 5.16 Å². The predicted molar refractivity (Wildman–Crippen MR) is 90.3 cm³/mol. The van der Waals surface area contributed by atoms with Crippen molar-refractivity contribution < 1.29 is 22.8 Å². The Morgan fingerprint density at radius 3 is 2.77 bits per heavy atom. The van der Waals surface area contributed by atoms with E-state index in [1.807, 2.05) is 6.07 Å². The third kappa shape index (κ3) is 5.87. The number of nitrogens with one attached hydrogen (secondary N) is 1. The number of halogens is 3. The van der Waals surface area contributed by atoms with Crippen molar-refractivity contribution in [3.8, 4) is 0 Å². The van der Waals surface area contributed by atoms with E-state index in [-0.39, 0.29) is 18.0 Å². The van der Waals surface area contributed by atoms with Gasteiger partial charge >= 0.3 is 6.18 Å². The molecule has 1 heterocycles. The van der Waals surface area contributed by atoms with E-state index < -0.39 is 17.8 Å². The van der Waals surface area contributed by atoms with E-state index in [1.54, 1.807) is 25.3 Å². The number of hydrogen-bond donors (Lipinski definition) is 1. The molecule has 1 aromatic carbocycles. The van der Waals surface area contributed by atoms with Gasteiger partial charge in [-0.05, 0) is 36.2 Å². The van der Waals surface area contributed by atoms with Crippen molar-refractivity contribution in [3.63, 3.8) is 0 Å². The fraction of sp³-hybridized carbons (Fsp3) is 0.278. The molecule has 2 rings (SSSR count). The normalized spacial score (nSPS) is 12.8. The second kappa shape index (κ2) is 8.98. The molecule has 1 unspecified atom stereocenters. The minimum atomic E-state index is -4.43. The van der Waals surface area contributed by atoms with Gasteiger partial charge < -0.3 is 10.2 Å². The Morgan fingerprint density at radius 1 is 1.31 bits per heavy atom. The van der Waals surface area contributed by atoms with Gasteiger partial charge in [-0.3, -0.25) is 9.78 Å². The van der Waals surface area contributed by atoms with Crippen LogP contribution < -0.4 is 5.32 Å². The Kier molecular flexibility index (Phi) is 6.71. The third-order valence-electron chi connectivity index (χ3n) is 3.44. The number of carbonyl (C=O) groups excluding carboxylic acids is 1. The average molecular weight is 365 g/mol. The number of carbonyl (C=O) groups is 1. The molecule has 0 fully saturated rings. The summed E-state index contributed by atoms with van der Waals surface area (Å²) in [6, 6.07) is 10.0. The lowest BCUT2D eigenvalue weighted by atomic mass is 10.1. The van der Waals surface area contributed by atoms with E-state index in [0.717, 1.165) is 18.3 Å². The molecule has 1 N–H and O–H groups in total. The van der Waals surface area contributed by atoms with Crippen molar-refractivity contribution in [2.75, 3.05) is 0 Å². The summed E-state index contributed by atoms with van der Waals surface area (Å²) in [7, 11) is 0. The van der Waals surface area contributed by atoms with Crippen LogP contribution in [0.15, 0.2) is 53.8 Å². The molecule has 0 aliphatic carbocycles. The van der Waals surface area contributed by atoms with Gasteiger partial charge in [-0.15, -0.1) is 0 Å². The number of hydrogen-bond acceptors (Lipinski definition) is 4. The van der Waals surface area contributed by atoms with Crippen LogP contribution in [-0.2, 0) is 22.4 Å². The minimum Gasteiger partial charge on any atom is -0.382 e. The van der Waals surface area contributed by atoms with E-state index >= 15 is 0 Å². The molecule has 5 nitrogen and oxygen atoms in total. The molecule has 0 radical (unpaired) electrons. The minimum absolute atomic E-state index is 0.226. The van der Waals surface area contributed by atoms with Gasteiger partial charge in [0.2, 0.25) is 6.10 Å². The highest BCUT2D eigenvalue weighted by atomic mass is 19.4. The smallest absolute Gasteiger partial charge is 0.382 e. The number of oxime groups is 1. The highest BCUT2D eigenvalue weighted by Gasteiger charge is 2.30. The molecule has 0 spiro atoms. The quantitative estimate of drug-likeness (QED) is 0.603. The Hall–Kier alpha value is -2.90. The van der Waals surface area contributed by atoms with Gasteiger partial charge in [0, 0.05) is 6.20 Å². The summed E-state index contributed by atoms with van der Waals surface area (Å²) in [6.45, 7) is 1.99. The second-order valence-corrected chi connectivity index (χ2v) is 5.40. The summed E-state index contributed by atoms with van der Waals surface area (Å²) in [5, 5.41) is 6.32. The average Bonchev–Trinajstić information content (AvgIpc) is 2.64. The van der Waals surface area contributed by atoms with Crippen LogP contribution in [0.3, 0.4) is 0 Å². The lowest BCUT2D eigenvalue weighted by molar-refractivity contribution is -0.137. The lowest BCUT2D eigenvalue weighted by Crippen LogP contribution is -2.35. The number of nitrogens with zero attached hydrogens (tertiary/aromatic N) is 2. The molecular weight excluding hydrogens is 347 g/mol. The fourth-order valence-electron chi connectivity index (χ4n) is 2.06. The van der Waals surface area contributed by atoms with E-state index in [2.05, 4.69) is 15.5 Å². The SMILES string of the molecule is CCC(O/N=C/c1cccc(C(F)(F)F)c1)C(=O)NCc1ccccn1. The molecule has 8 heteroatoms. The molecule has 0 saturated carbocycles. The van der Waals surface area contributed by atoms with Gasteiger partial charge in [-0.25, -0.2) is 0 Å². The molecule has 2 aromatic rings. The van der Waals surface area contributed by atoms with Crippen molar-refractivity contribution in [1.82, 2.24) is 10.3 Å². The first kappa shape index (κ1) is 19.4. The number of pyridine rings is 1. The van der Waals surface area contributed by atoms with Crippen LogP contribution in [0, 0.1) is 0 Å². The van der Waals surface area contributed by atoms with Crippen molar-refractivity contribution in [1.29, 1.82) is 0 Å². The molecule has 1 atom stereocenters. The van der Waals surface area contributed by atoms with Gasteiger partial charge in [0.25, 0.3) is 5.91 Å². The van der Waals surface area contributed by atoms with Gasteiger partial charge in [-0.1, -0.05) is 30.3 Å². The molecule has 0 saturated heterocycles. The van der Waals surface area contributed by atoms with Crippen LogP contribution in [0.5, 0.6) is 0 Å². The van der Waals surface area contributed by atoms with Crippen LogP contribution >= 0.6 is 0 Å². The summed E-state index contributed by atoms with van der Waals surface area (Å²) in [5.74, 6) is -0.376. The van der Waals surface area contributed by atoms with Crippen molar-refractivity contribution >= 4 is 12.1 Å². The Bertz CT molecular complexity index is 749. The summed E-state index contributed by atoms with van der Waals surface area (Å²) in [5.41, 5.74) is 0.147. The zero-order valence-corrected chi connectivity index (χ0v) is 14.0. The highest BCUT2D eigenvalue weighted by molar-refractivity contribution is 5.81. The first-order valence-electron chi connectivity index (χ1n) is 7.94. The second-order valence-electron chi connectivity index (χ2n) is 5.40. The Labute approximate surface area is 148 Å². The largest absolute Gasteiger partial charge is 0.416 e. The van der Waals surface area contributed by atoms with Crippen LogP contribution in [0.2, 0.25) is 0 Å². The maximum Gasteiger partial charge on any atom is 0.416 e. The number of benzene rings is 1. The molecule has 1 amide bonds. The number of amides is 1. The van der Waals surface area contributed by atoms with Gasteiger partial charge in [0.15, 0.2) is 0 Å². The van der Waals surface area contributed by atoms with Crippen LogP contribution in [0.1, 0.15) is 30.2 Å². The molecular formula is C18H18F3N3O2. The van der Waals surface area contributed by atoms with Gasteiger partial charge in [0.05, 0.1) is 24.0 Å². The summed E-state index contributed by atoms with van der Waals surface area (Å²) < 4.78 is 38.0. The topological polar surface area (TPSA) is 63.6 Å². The van der Waals surface area contributed by atoms with Gasteiger partial charge in [-0.2, -0.15) is 13.2 Å². The first-order valence-corrected chi connectivity index (χ1v) is 7.94. The Morgan fingerprint density at radius 2 is 2.12 bits per heavy atom. The Balaban J connectivity index is 1.91. The maximum atomic E-state index is 12.7.